The lowest BCUT2D eigenvalue weighted by atomic mass is 9.93. The highest BCUT2D eigenvalue weighted by Gasteiger charge is 2.31. The highest BCUT2D eigenvalue weighted by molar-refractivity contribution is 5.30. The molecule has 1 saturated heterocycles. The van der Waals surface area contributed by atoms with E-state index in [1.165, 1.54) is 17.5 Å². The van der Waals surface area contributed by atoms with Crippen LogP contribution in [0.4, 0.5) is 0 Å². The van der Waals surface area contributed by atoms with Gasteiger partial charge in [-0.2, -0.15) is 0 Å². The summed E-state index contributed by atoms with van der Waals surface area (Å²) in [6, 6.07) is 9.25. The summed E-state index contributed by atoms with van der Waals surface area (Å²) in [6.45, 7) is 8.13. The molecule has 1 fully saturated rings. The first-order valence-electron chi connectivity index (χ1n) is 7.22. The molecule has 20 heavy (non-hydrogen) atoms. The molecule has 1 aromatic carbocycles. The summed E-state index contributed by atoms with van der Waals surface area (Å²) >= 11 is 0. The van der Waals surface area contributed by atoms with Gasteiger partial charge >= 0.3 is 0 Å². The molecule has 0 unspecified atom stereocenters. The minimum Gasteiger partial charge on any atom is -0.424 e. The van der Waals surface area contributed by atoms with Crippen LogP contribution in [0.2, 0.25) is 0 Å². The lowest BCUT2D eigenvalue weighted by Crippen LogP contribution is -2.26. The first-order chi connectivity index (χ1) is 9.63. The Kier molecular flexibility index (Phi) is 3.57. The van der Waals surface area contributed by atoms with Crippen molar-refractivity contribution in [2.75, 3.05) is 6.54 Å². The van der Waals surface area contributed by atoms with E-state index >= 15 is 0 Å². The van der Waals surface area contributed by atoms with Crippen LogP contribution in [-0.4, -0.2) is 27.7 Å². The van der Waals surface area contributed by atoms with Crippen LogP contribution in [0.15, 0.2) is 28.7 Å². The number of likely N-dealkylation sites (tertiary alicyclic amines) is 1. The molecule has 4 nitrogen and oxygen atoms in total. The summed E-state index contributed by atoms with van der Waals surface area (Å²) in [5.74, 6) is 1.97. The standard InChI is InChI=1S/C16H21N3O/c1-11-6-4-5-7-15(11)14-8-12(2)19(9-14)10-16-18-17-13(3)20-16/h4-7,12,14H,8-10H2,1-3H3/t12-,14-/m0/s1. The van der Waals surface area contributed by atoms with E-state index in [1.54, 1.807) is 0 Å². The summed E-state index contributed by atoms with van der Waals surface area (Å²) in [7, 11) is 0. The number of hydrogen-bond acceptors (Lipinski definition) is 4. The van der Waals surface area contributed by atoms with Crippen molar-refractivity contribution in [2.45, 2.75) is 45.7 Å². The zero-order valence-electron chi connectivity index (χ0n) is 12.3. The molecule has 2 heterocycles. The van der Waals surface area contributed by atoms with E-state index in [4.69, 9.17) is 4.42 Å². The van der Waals surface area contributed by atoms with Crippen LogP contribution in [0, 0.1) is 13.8 Å². The van der Waals surface area contributed by atoms with Crippen molar-refractivity contribution >= 4 is 0 Å². The van der Waals surface area contributed by atoms with Gasteiger partial charge in [-0.1, -0.05) is 24.3 Å². The van der Waals surface area contributed by atoms with Crippen molar-refractivity contribution < 1.29 is 4.42 Å². The molecule has 0 radical (unpaired) electrons. The number of nitrogens with zero attached hydrogens (tertiary/aromatic N) is 3. The van der Waals surface area contributed by atoms with Gasteiger partial charge in [0.1, 0.15) is 0 Å². The third kappa shape index (κ3) is 2.61. The number of rotatable bonds is 3. The molecule has 0 aliphatic carbocycles. The van der Waals surface area contributed by atoms with Crippen molar-refractivity contribution in [2.24, 2.45) is 0 Å². The van der Waals surface area contributed by atoms with Crippen LogP contribution in [0.3, 0.4) is 0 Å². The average molecular weight is 271 g/mol. The third-order valence-corrected chi connectivity index (χ3v) is 4.24. The van der Waals surface area contributed by atoms with Crippen molar-refractivity contribution in [3.8, 4) is 0 Å². The Balaban J connectivity index is 1.72. The first kappa shape index (κ1) is 13.3. The number of aromatic nitrogens is 2. The van der Waals surface area contributed by atoms with Crippen LogP contribution in [0.1, 0.15) is 42.2 Å². The summed E-state index contributed by atoms with van der Waals surface area (Å²) in [5, 5.41) is 8.00. The number of hydrogen-bond donors (Lipinski definition) is 0. The SMILES string of the molecule is Cc1nnc(CN2C[C@@H](c3ccccc3C)C[C@@H]2C)o1. The maximum Gasteiger partial charge on any atom is 0.230 e. The highest BCUT2D eigenvalue weighted by Crippen LogP contribution is 2.33. The molecule has 2 aromatic rings. The van der Waals surface area contributed by atoms with Gasteiger partial charge in [0.25, 0.3) is 0 Å². The lowest BCUT2D eigenvalue weighted by molar-refractivity contribution is 0.231. The molecular formula is C16H21N3O. The Morgan fingerprint density at radius 1 is 1.25 bits per heavy atom. The number of benzene rings is 1. The molecule has 0 saturated carbocycles. The average Bonchev–Trinajstić information content (AvgIpc) is 2.98. The molecule has 1 aliphatic heterocycles. The highest BCUT2D eigenvalue weighted by atomic mass is 16.4. The van der Waals surface area contributed by atoms with Crippen molar-refractivity contribution in [3.05, 3.63) is 47.2 Å². The van der Waals surface area contributed by atoms with Crippen LogP contribution in [0.25, 0.3) is 0 Å². The van der Waals surface area contributed by atoms with E-state index in [0.29, 0.717) is 17.9 Å². The molecule has 0 N–H and O–H groups in total. The van der Waals surface area contributed by atoms with Gasteiger partial charge in [-0.3, -0.25) is 4.90 Å². The van der Waals surface area contributed by atoms with Gasteiger partial charge in [0.05, 0.1) is 6.54 Å². The van der Waals surface area contributed by atoms with Crippen LogP contribution >= 0.6 is 0 Å². The molecular weight excluding hydrogens is 250 g/mol. The van der Waals surface area contributed by atoms with Crippen molar-refractivity contribution in [1.29, 1.82) is 0 Å². The van der Waals surface area contributed by atoms with E-state index in [-0.39, 0.29) is 0 Å². The summed E-state index contributed by atoms with van der Waals surface area (Å²) in [4.78, 5) is 2.43. The van der Waals surface area contributed by atoms with Gasteiger partial charge in [-0.25, -0.2) is 0 Å². The molecule has 4 heteroatoms. The molecule has 0 bridgehead atoms. The topological polar surface area (TPSA) is 42.2 Å². The molecule has 106 valence electrons. The quantitative estimate of drug-likeness (QED) is 0.860. The fourth-order valence-electron chi connectivity index (χ4n) is 3.16. The predicted octanol–water partition coefficient (Wildman–Crippen LogP) is 3.06. The Bertz CT molecular complexity index is 593. The molecule has 1 aliphatic rings. The largest absolute Gasteiger partial charge is 0.424 e. The minimum absolute atomic E-state index is 0.548. The van der Waals surface area contributed by atoms with E-state index in [0.717, 1.165) is 19.0 Å². The second-order valence-electron chi connectivity index (χ2n) is 5.78. The van der Waals surface area contributed by atoms with Gasteiger partial charge < -0.3 is 4.42 Å². The molecule has 3 rings (SSSR count). The molecule has 2 atom stereocenters. The zero-order chi connectivity index (χ0) is 14.1. The van der Waals surface area contributed by atoms with E-state index in [1.807, 2.05) is 6.92 Å². The lowest BCUT2D eigenvalue weighted by Gasteiger charge is -2.18. The van der Waals surface area contributed by atoms with Crippen LogP contribution in [-0.2, 0) is 6.54 Å². The number of aryl methyl sites for hydroxylation is 2. The Hall–Kier alpha value is -1.68. The van der Waals surface area contributed by atoms with Gasteiger partial charge in [0.15, 0.2) is 0 Å². The normalized spacial score (nSPS) is 23.4. The van der Waals surface area contributed by atoms with E-state index < -0.39 is 0 Å². The first-order valence-corrected chi connectivity index (χ1v) is 7.22. The van der Waals surface area contributed by atoms with Gasteiger partial charge in [-0.05, 0) is 37.3 Å². The minimum atomic E-state index is 0.548. The van der Waals surface area contributed by atoms with Gasteiger partial charge in [0, 0.05) is 19.5 Å². The Morgan fingerprint density at radius 2 is 2.05 bits per heavy atom. The second kappa shape index (κ2) is 5.37. The maximum atomic E-state index is 5.49. The summed E-state index contributed by atoms with van der Waals surface area (Å²) in [5.41, 5.74) is 2.86. The van der Waals surface area contributed by atoms with Crippen LogP contribution < -0.4 is 0 Å². The molecule has 0 spiro atoms. The van der Waals surface area contributed by atoms with Crippen LogP contribution in [0.5, 0.6) is 0 Å². The van der Waals surface area contributed by atoms with Gasteiger partial charge in [-0.15, -0.1) is 10.2 Å². The fourth-order valence-corrected chi connectivity index (χ4v) is 3.16. The van der Waals surface area contributed by atoms with E-state index in [9.17, 15) is 0 Å². The summed E-state index contributed by atoms with van der Waals surface area (Å²) < 4.78 is 5.49. The smallest absolute Gasteiger partial charge is 0.230 e. The van der Waals surface area contributed by atoms with Crippen molar-refractivity contribution in [3.63, 3.8) is 0 Å². The Labute approximate surface area is 119 Å². The predicted molar refractivity (Wildman–Crippen MR) is 77.4 cm³/mol. The van der Waals surface area contributed by atoms with E-state index in [2.05, 4.69) is 53.2 Å². The monoisotopic (exact) mass is 271 g/mol. The Morgan fingerprint density at radius 3 is 2.75 bits per heavy atom. The van der Waals surface area contributed by atoms with Gasteiger partial charge in [0.2, 0.25) is 11.8 Å². The third-order valence-electron chi connectivity index (χ3n) is 4.24. The maximum absolute atomic E-state index is 5.49. The summed E-state index contributed by atoms with van der Waals surface area (Å²) in [6.07, 6.45) is 1.19. The zero-order valence-corrected chi connectivity index (χ0v) is 12.3. The fraction of sp³-hybridized carbons (Fsp3) is 0.500. The molecule has 1 aromatic heterocycles. The van der Waals surface area contributed by atoms with Crippen molar-refractivity contribution in [1.82, 2.24) is 15.1 Å². The second-order valence-corrected chi connectivity index (χ2v) is 5.78. The molecule has 0 amide bonds.